The fourth-order valence-corrected chi connectivity index (χ4v) is 6.18. The second-order valence-electron chi connectivity index (χ2n) is 9.95. The SMILES string of the molecule is CCOc1ccccc1N(CC(=O)N(Cc1cccc(OC)c1)C(C)C(=O)NC(C)CC)S(=O)(=O)c1ccc(SC)cc1. The van der Waals surface area contributed by atoms with Crippen LogP contribution in [-0.2, 0) is 26.2 Å². The Balaban J connectivity index is 2.09. The number of anilines is 1. The van der Waals surface area contributed by atoms with Crippen LogP contribution in [0.5, 0.6) is 11.5 Å². The first-order chi connectivity index (χ1) is 20.5. The number of sulfonamides is 1. The number of hydrogen-bond donors (Lipinski definition) is 1. The molecule has 0 aromatic heterocycles. The second kappa shape index (κ2) is 15.7. The molecule has 0 spiro atoms. The highest BCUT2D eigenvalue weighted by molar-refractivity contribution is 7.98. The van der Waals surface area contributed by atoms with E-state index in [0.29, 0.717) is 18.1 Å². The number of benzene rings is 3. The lowest BCUT2D eigenvalue weighted by atomic mass is 10.1. The summed E-state index contributed by atoms with van der Waals surface area (Å²) < 4.78 is 40.5. The molecule has 9 nitrogen and oxygen atoms in total. The van der Waals surface area contributed by atoms with E-state index in [1.807, 2.05) is 26.2 Å². The number of carbonyl (C=O) groups is 2. The number of hydrogen-bond acceptors (Lipinski definition) is 7. The number of para-hydroxylation sites is 2. The van der Waals surface area contributed by atoms with Crippen LogP contribution < -0.4 is 19.1 Å². The minimum atomic E-state index is -4.22. The first-order valence-corrected chi connectivity index (χ1v) is 16.8. The quantitative estimate of drug-likeness (QED) is 0.227. The number of nitrogens with one attached hydrogen (secondary N) is 1. The Hall–Kier alpha value is -3.70. The molecular weight excluding hydrogens is 587 g/mol. The first kappa shape index (κ1) is 33.8. The van der Waals surface area contributed by atoms with Crippen LogP contribution in [0.25, 0.3) is 0 Å². The van der Waals surface area contributed by atoms with Gasteiger partial charge in [-0.05, 0) is 87.5 Å². The van der Waals surface area contributed by atoms with Gasteiger partial charge >= 0.3 is 0 Å². The van der Waals surface area contributed by atoms with E-state index in [2.05, 4.69) is 5.32 Å². The van der Waals surface area contributed by atoms with Gasteiger partial charge < -0.3 is 19.7 Å². The third kappa shape index (κ3) is 8.67. The summed E-state index contributed by atoms with van der Waals surface area (Å²) in [5.74, 6) is 0.0433. The normalized spacial score (nSPS) is 12.6. The summed E-state index contributed by atoms with van der Waals surface area (Å²) in [7, 11) is -2.67. The Labute approximate surface area is 259 Å². The highest BCUT2D eigenvalue weighted by Crippen LogP contribution is 2.33. The Morgan fingerprint density at radius 3 is 2.30 bits per heavy atom. The Bertz CT molecular complexity index is 1480. The maximum atomic E-state index is 14.2. The zero-order valence-corrected chi connectivity index (χ0v) is 27.2. The number of carbonyl (C=O) groups excluding carboxylic acids is 2. The summed E-state index contributed by atoms with van der Waals surface area (Å²) >= 11 is 1.50. The van der Waals surface area contributed by atoms with E-state index < -0.39 is 28.5 Å². The van der Waals surface area contributed by atoms with Crippen LogP contribution in [-0.4, -0.2) is 63.7 Å². The van der Waals surface area contributed by atoms with Gasteiger partial charge in [0.05, 0.1) is 24.3 Å². The van der Waals surface area contributed by atoms with Crippen molar-refractivity contribution in [3.63, 3.8) is 0 Å². The largest absolute Gasteiger partial charge is 0.497 e. The molecule has 3 aromatic rings. The van der Waals surface area contributed by atoms with E-state index in [-0.39, 0.29) is 29.1 Å². The van der Waals surface area contributed by atoms with Crippen molar-refractivity contribution >= 4 is 39.3 Å². The van der Waals surface area contributed by atoms with E-state index in [4.69, 9.17) is 9.47 Å². The molecule has 0 heterocycles. The summed E-state index contributed by atoms with van der Waals surface area (Å²) in [6, 6.07) is 19.4. The average molecular weight is 628 g/mol. The van der Waals surface area contributed by atoms with E-state index in [9.17, 15) is 18.0 Å². The Morgan fingerprint density at radius 1 is 0.977 bits per heavy atom. The van der Waals surface area contributed by atoms with Crippen LogP contribution in [0.2, 0.25) is 0 Å². The van der Waals surface area contributed by atoms with Gasteiger partial charge in [-0.2, -0.15) is 0 Å². The lowest BCUT2D eigenvalue weighted by Crippen LogP contribution is -2.52. The topological polar surface area (TPSA) is 105 Å². The van der Waals surface area contributed by atoms with Crippen molar-refractivity contribution in [2.45, 2.75) is 62.5 Å². The van der Waals surface area contributed by atoms with E-state index in [0.717, 1.165) is 21.2 Å². The van der Waals surface area contributed by atoms with Crippen molar-refractivity contribution in [1.82, 2.24) is 10.2 Å². The molecule has 0 radical (unpaired) electrons. The van der Waals surface area contributed by atoms with Crippen molar-refractivity contribution in [2.75, 3.05) is 30.8 Å². The average Bonchev–Trinajstić information content (AvgIpc) is 3.02. The Morgan fingerprint density at radius 2 is 1.67 bits per heavy atom. The van der Waals surface area contributed by atoms with Gasteiger partial charge in [-0.25, -0.2) is 8.42 Å². The molecule has 0 aliphatic rings. The Kier molecular flexibility index (Phi) is 12.3. The van der Waals surface area contributed by atoms with Crippen LogP contribution in [0.3, 0.4) is 0 Å². The number of methoxy groups -OCH3 is 1. The third-order valence-corrected chi connectivity index (χ3v) is 9.53. The highest BCUT2D eigenvalue weighted by Gasteiger charge is 2.34. The molecule has 0 aliphatic carbocycles. The van der Waals surface area contributed by atoms with E-state index in [1.54, 1.807) is 75.6 Å². The van der Waals surface area contributed by atoms with Crippen LogP contribution in [0.1, 0.15) is 39.7 Å². The molecule has 11 heteroatoms. The fourth-order valence-electron chi connectivity index (χ4n) is 4.34. The van der Waals surface area contributed by atoms with Crippen molar-refractivity contribution in [1.29, 1.82) is 0 Å². The standard InChI is InChI=1S/C32H41N3O6S2/c1-7-23(3)33-32(37)24(4)34(21-25-12-11-13-26(20-25)40-5)31(36)22-35(29-14-9-10-15-30(29)41-8-2)43(38,39)28-18-16-27(42-6)17-19-28/h9-20,23-24H,7-8,21-22H2,1-6H3,(H,33,37). The number of rotatable bonds is 15. The predicted molar refractivity (Wildman–Crippen MR) is 171 cm³/mol. The van der Waals surface area contributed by atoms with Gasteiger partial charge in [-0.1, -0.05) is 31.2 Å². The zero-order valence-electron chi connectivity index (χ0n) is 25.6. The molecule has 1 N–H and O–H groups in total. The van der Waals surface area contributed by atoms with Gasteiger partial charge in [0.15, 0.2) is 0 Å². The van der Waals surface area contributed by atoms with Gasteiger partial charge in [0.25, 0.3) is 10.0 Å². The third-order valence-electron chi connectivity index (χ3n) is 7.02. The molecule has 2 atom stereocenters. The number of nitrogens with zero attached hydrogens (tertiary/aromatic N) is 2. The van der Waals surface area contributed by atoms with Gasteiger partial charge in [-0.3, -0.25) is 13.9 Å². The molecule has 0 saturated carbocycles. The van der Waals surface area contributed by atoms with Crippen molar-refractivity contribution < 1.29 is 27.5 Å². The maximum Gasteiger partial charge on any atom is 0.264 e. The molecule has 0 fully saturated rings. The molecule has 0 bridgehead atoms. The molecule has 3 rings (SSSR count). The number of amides is 2. The predicted octanol–water partition coefficient (Wildman–Crippen LogP) is 5.34. The van der Waals surface area contributed by atoms with Crippen molar-refractivity contribution in [2.24, 2.45) is 0 Å². The second-order valence-corrected chi connectivity index (χ2v) is 12.7. The molecule has 3 aromatic carbocycles. The summed E-state index contributed by atoms with van der Waals surface area (Å²) in [6.45, 7) is 7.10. The van der Waals surface area contributed by atoms with Gasteiger partial charge in [-0.15, -0.1) is 11.8 Å². The lowest BCUT2D eigenvalue weighted by Gasteiger charge is -2.33. The van der Waals surface area contributed by atoms with Gasteiger partial charge in [0, 0.05) is 17.5 Å². The molecular formula is C32H41N3O6S2. The van der Waals surface area contributed by atoms with Crippen molar-refractivity contribution in [3.8, 4) is 11.5 Å². The van der Waals surface area contributed by atoms with Crippen LogP contribution in [0.4, 0.5) is 5.69 Å². The molecule has 0 saturated heterocycles. The fraction of sp³-hybridized carbons (Fsp3) is 0.375. The summed E-state index contributed by atoms with van der Waals surface area (Å²) in [5.41, 5.74) is 0.956. The van der Waals surface area contributed by atoms with E-state index >= 15 is 0 Å². The van der Waals surface area contributed by atoms with Crippen LogP contribution in [0, 0.1) is 0 Å². The molecule has 2 amide bonds. The first-order valence-electron chi connectivity index (χ1n) is 14.2. The number of ether oxygens (including phenoxy) is 2. The molecule has 0 aliphatic heterocycles. The number of thioether (sulfide) groups is 1. The summed E-state index contributed by atoms with van der Waals surface area (Å²) in [5, 5.41) is 2.94. The van der Waals surface area contributed by atoms with E-state index in [1.165, 1.54) is 28.8 Å². The smallest absolute Gasteiger partial charge is 0.264 e. The van der Waals surface area contributed by atoms with Gasteiger partial charge in [0.1, 0.15) is 24.1 Å². The summed E-state index contributed by atoms with van der Waals surface area (Å²) in [6.07, 6.45) is 2.63. The minimum Gasteiger partial charge on any atom is -0.497 e. The molecule has 43 heavy (non-hydrogen) atoms. The minimum absolute atomic E-state index is 0.0336. The van der Waals surface area contributed by atoms with Crippen molar-refractivity contribution in [3.05, 3.63) is 78.4 Å². The maximum absolute atomic E-state index is 14.2. The molecule has 2 unspecified atom stereocenters. The van der Waals surface area contributed by atoms with Gasteiger partial charge in [0.2, 0.25) is 11.8 Å². The monoisotopic (exact) mass is 627 g/mol. The lowest BCUT2D eigenvalue weighted by molar-refractivity contribution is -0.139. The zero-order chi connectivity index (χ0) is 31.6. The van der Waals surface area contributed by atoms with Crippen LogP contribution in [0.15, 0.2) is 82.6 Å². The molecule has 232 valence electrons. The highest BCUT2D eigenvalue weighted by atomic mass is 32.2. The van der Waals surface area contributed by atoms with Crippen LogP contribution >= 0.6 is 11.8 Å². The summed E-state index contributed by atoms with van der Waals surface area (Å²) in [4.78, 5) is 29.8.